The first kappa shape index (κ1) is 15.5. The van der Waals surface area contributed by atoms with Crippen LogP contribution in [0.5, 0.6) is 0 Å². The Balaban J connectivity index is 2.53. The molecule has 0 spiro atoms. The fourth-order valence-corrected chi connectivity index (χ4v) is 2.70. The quantitative estimate of drug-likeness (QED) is 0.785. The third kappa shape index (κ3) is 4.29. The first-order valence-corrected chi connectivity index (χ1v) is 6.60. The largest absolute Gasteiger partial charge is 0.372 e. The number of ether oxygens (including phenoxy) is 1. The average Bonchev–Trinajstić information content (AvgIpc) is 2.27. The van der Waals surface area contributed by atoms with Crippen LogP contribution in [0.2, 0.25) is 0 Å². The Labute approximate surface area is 108 Å². The molecule has 0 aromatic heterocycles. The summed E-state index contributed by atoms with van der Waals surface area (Å²) in [6.45, 7) is 2.89. The lowest BCUT2D eigenvalue weighted by atomic mass is 9.78. The van der Waals surface area contributed by atoms with Crippen LogP contribution in [0.25, 0.3) is 0 Å². The molecule has 0 atom stereocenters. The standard InChI is InChI=1S/C12H20F2NO2P/c1-8(18)12(15-9(2)16)5-3-10(4-6-12)17-7-11(13)14/h10-11,18H,3-7H2,1-2H3,(H,15,16). The van der Waals surface area contributed by atoms with E-state index in [4.69, 9.17) is 4.74 Å². The van der Waals surface area contributed by atoms with Crippen LogP contribution in [0.4, 0.5) is 8.78 Å². The van der Waals surface area contributed by atoms with Gasteiger partial charge in [0, 0.05) is 6.92 Å². The number of carbonyl (C=O) groups is 1. The van der Waals surface area contributed by atoms with Crippen LogP contribution >= 0.6 is 8.86 Å². The minimum Gasteiger partial charge on any atom is -0.372 e. The predicted molar refractivity (Wildman–Crippen MR) is 69.8 cm³/mol. The van der Waals surface area contributed by atoms with Gasteiger partial charge in [-0.3, -0.25) is 4.79 Å². The van der Waals surface area contributed by atoms with Crippen LogP contribution < -0.4 is 5.32 Å². The molecule has 0 saturated heterocycles. The highest BCUT2D eigenvalue weighted by atomic mass is 31.0. The van der Waals surface area contributed by atoms with E-state index in [2.05, 4.69) is 14.2 Å². The molecule has 1 amide bonds. The van der Waals surface area contributed by atoms with Gasteiger partial charge < -0.3 is 10.1 Å². The zero-order chi connectivity index (χ0) is 13.8. The number of carbonyl (C=O) groups excluding carboxylic acids is 1. The van der Waals surface area contributed by atoms with E-state index in [9.17, 15) is 13.6 Å². The highest BCUT2D eigenvalue weighted by Crippen LogP contribution is 2.32. The molecular weight excluding hydrogens is 259 g/mol. The minimum absolute atomic E-state index is 0.0838. The van der Waals surface area contributed by atoms with Gasteiger partial charge in [0.2, 0.25) is 5.91 Å². The molecule has 1 rings (SSSR count). The molecule has 1 aliphatic carbocycles. The van der Waals surface area contributed by atoms with Crippen molar-refractivity contribution in [2.75, 3.05) is 6.61 Å². The summed E-state index contributed by atoms with van der Waals surface area (Å²) in [7, 11) is 3.50. The molecule has 3 nitrogen and oxygen atoms in total. The third-order valence-corrected chi connectivity index (χ3v) is 3.86. The Morgan fingerprint density at radius 2 is 2.00 bits per heavy atom. The fraction of sp³-hybridized carbons (Fsp3) is 0.833. The molecule has 0 heterocycles. The van der Waals surface area contributed by atoms with Crippen molar-refractivity contribution < 1.29 is 18.3 Å². The van der Waals surface area contributed by atoms with Gasteiger partial charge in [0.15, 0.2) is 0 Å². The van der Waals surface area contributed by atoms with Gasteiger partial charge in [-0.05, 0) is 37.9 Å². The molecule has 0 aromatic rings. The molecular formula is C12H20F2NO2P. The van der Waals surface area contributed by atoms with Crippen molar-refractivity contribution in [1.82, 2.24) is 5.32 Å². The first-order chi connectivity index (χ1) is 8.35. The zero-order valence-corrected chi connectivity index (χ0v) is 11.8. The molecule has 0 unspecified atom stereocenters. The summed E-state index contributed by atoms with van der Waals surface area (Å²) < 4.78 is 29.2. The smallest absolute Gasteiger partial charge is 0.261 e. The van der Waals surface area contributed by atoms with Crippen molar-refractivity contribution in [3.8, 4) is 0 Å². The van der Waals surface area contributed by atoms with E-state index in [0.29, 0.717) is 25.7 Å². The Kier molecular flexibility index (Phi) is 5.67. The van der Waals surface area contributed by atoms with Gasteiger partial charge in [0.1, 0.15) is 6.61 Å². The number of halogens is 2. The maximum absolute atomic E-state index is 12.0. The van der Waals surface area contributed by atoms with Gasteiger partial charge in [0.25, 0.3) is 6.43 Å². The summed E-state index contributed by atoms with van der Waals surface area (Å²) in [6, 6.07) is 0. The van der Waals surface area contributed by atoms with Crippen molar-refractivity contribution in [3.05, 3.63) is 0 Å². The van der Waals surface area contributed by atoms with Gasteiger partial charge in [0.05, 0.1) is 11.6 Å². The lowest BCUT2D eigenvalue weighted by Gasteiger charge is -2.40. The average molecular weight is 279 g/mol. The predicted octanol–water partition coefficient (Wildman–Crippen LogP) is 2.42. The molecule has 0 radical (unpaired) electrons. The van der Waals surface area contributed by atoms with Crippen LogP contribution in [0, 0.1) is 0 Å². The minimum atomic E-state index is -2.42. The van der Waals surface area contributed by atoms with E-state index >= 15 is 0 Å². The van der Waals surface area contributed by atoms with Gasteiger partial charge in [-0.1, -0.05) is 0 Å². The SMILES string of the molecule is CC(=O)NC1(C(C)=P)CCC(OCC(F)F)CC1. The molecule has 0 bridgehead atoms. The Bertz CT molecular complexity index is 315. The second-order valence-electron chi connectivity index (χ2n) is 4.81. The number of hydrogen-bond donors (Lipinski definition) is 1. The van der Waals surface area contributed by atoms with Crippen LogP contribution in [-0.2, 0) is 9.53 Å². The Morgan fingerprint density at radius 1 is 1.44 bits per heavy atom. The van der Waals surface area contributed by atoms with Crippen LogP contribution in [0.15, 0.2) is 0 Å². The Morgan fingerprint density at radius 3 is 2.39 bits per heavy atom. The summed E-state index contributed by atoms with van der Waals surface area (Å²) in [5.74, 6) is -0.0838. The lowest BCUT2D eigenvalue weighted by molar-refractivity contribution is -0.120. The van der Waals surface area contributed by atoms with Crippen molar-refractivity contribution >= 4 is 20.1 Å². The molecule has 18 heavy (non-hydrogen) atoms. The number of amides is 1. The monoisotopic (exact) mass is 279 g/mol. The van der Waals surface area contributed by atoms with Crippen molar-refractivity contribution in [2.24, 2.45) is 0 Å². The third-order valence-electron chi connectivity index (χ3n) is 3.38. The molecule has 0 aliphatic heterocycles. The summed E-state index contributed by atoms with van der Waals surface area (Å²) in [5.41, 5.74) is -0.368. The molecule has 104 valence electrons. The van der Waals surface area contributed by atoms with E-state index in [1.165, 1.54) is 6.92 Å². The van der Waals surface area contributed by atoms with Crippen molar-refractivity contribution in [3.63, 3.8) is 0 Å². The van der Waals surface area contributed by atoms with E-state index < -0.39 is 13.0 Å². The summed E-state index contributed by atoms with van der Waals surface area (Å²) in [6.07, 6.45) is 0.206. The number of nitrogens with one attached hydrogen (secondary N) is 1. The van der Waals surface area contributed by atoms with E-state index in [0.717, 1.165) is 5.29 Å². The van der Waals surface area contributed by atoms with Crippen LogP contribution in [-0.4, -0.2) is 35.9 Å². The topological polar surface area (TPSA) is 38.3 Å². The molecule has 1 N–H and O–H groups in total. The molecule has 1 aliphatic rings. The van der Waals surface area contributed by atoms with E-state index in [1.54, 1.807) is 0 Å². The highest BCUT2D eigenvalue weighted by Gasteiger charge is 2.37. The first-order valence-electron chi connectivity index (χ1n) is 6.10. The van der Waals surface area contributed by atoms with E-state index in [1.807, 2.05) is 6.92 Å². The number of alkyl halides is 2. The van der Waals surface area contributed by atoms with Crippen molar-refractivity contribution in [1.29, 1.82) is 0 Å². The van der Waals surface area contributed by atoms with Crippen LogP contribution in [0.1, 0.15) is 39.5 Å². The second-order valence-corrected chi connectivity index (χ2v) is 5.56. The highest BCUT2D eigenvalue weighted by molar-refractivity contribution is 7.21. The fourth-order valence-electron chi connectivity index (χ4n) is 2.39. The molecule has 1 fully saturated rings. The lowest BCUT2D eigenvalue weighted by Crippen LogP contribution is -2.55. The molecule has 1 saturated carbocycles. The van der Waals surface area contributed by atoms with Gasteiger partial charge in [-0.15, -0.1) is 8.86 Å². The number of rotatable bonds is 5. The summed E-state index contributed by atoms with van der Waals surface area (Å²) >= 11 is 0. The summed E-state index contributed by atoms with van der Waals surface area (Å²) in [4.78, 5) is 11.2. The van der Waals surface area contributed by atoms with Gasteiger partial charge in [-0.2, -0.15) is 0 Å². The Hall–Kier alpha value is -0.540. The summed E-state index contributed by atoms with van der Waals surface area (Å²) in [5, 5.41) is 3.91. The van der Waals surface area contributed by atoms with Crippen LogP contribution in [0.3, 0.4) is 0 Å². The van der Waals surface area contributed by atoms with Gasteiger partial charge >= 0.3 is 0 Å². The van der Waals surface area contributed by atoms with Crippen molar-refractivity contribution in [2.45, 2.75) is 57.6 Å². The maximum Gasteiger partial charge on any atom is 0.261 e. The molecule has 0 aromatic carbocycles. The molecule has 6 heteroatoms. The zero-order valence-electron chi connectivity index (χ0n) is 10.8. The maximum atomic E-state index is 12.0. The van der Waals surface area contributed by atoms with E-state index in [-0.39, 0.29) is 17.6 Å². The number of hydrogen-bond acceptors (Lipinski definition) is 2. The second kappa shape index (κ2) is 6.58. The van der Waals surface area contributed by atoms with Gasteiger partial charge in [-0.25, -0.2) is 8.78 Å². The normalized spacial score (nSPS) is 28.2.